The van der Waals surface area contributed by atoms with Crippen molar-refractivity contribution in [1.29, 1.82) is 0 Å². The second kappa shape index (κ2) is 4.88. The van der Waals surface area contributed by atoms with E-state index in [0.29, 0.717) is 12.1 Å². The van der Waals surface area contributed by atoms with E-state index in [2.05, 4.69) is 43.4 Å². The van der Waals surface area contributed by atoms with Gasteiger partial charge >= 0.3 is 0 Å². The summed E-state index contributed by atoms with van der Waals surface area (Å²) in [6.45, 7) is 3.56. The number of pyridine rings is 1. The van der Waals surface area contributed by atoms with Gasteiger partial charge in [0.25, 0.3) is 0 Å². The summed E-state index contributed by atoms with van der Waals surface area (Å²) in [6, 6.07) is 1.86. The van der Waals surface area contributed by atoms with E-state index in [4.69, 9.17) is 0 Å². The summed E-state index contributed by atoms with van der Waals surface area (Å²) in [5, 5.41) is 9.61. The van der Waals surface area contributed by atoms with Crippen LogP contribution in [0.3, 0.4) is 0 Å². The Labute approximate surface area is 94.0 Å². The molecule has 0 spiro atoms. The molecule has 70 valence electrons. The fourth-order valence-corrected chi connectivity index (χ4v) is 2.19. The van der Waals surface area contributed by atoms with E-state index in [1.807, 2.05) is 6.07 Å². The van der Waals surface area contributed by atoms with Gasteiger partial charge in [0.15, 0.2) is 0 Å². The van der Waals surface area contributed by atoms with Gasteiger partial charge in [0.2, 0.25) is 0 Å². The Morgan fingerprint density at radius 2 is 2.31 bits per heavy atom. The van der Waals surface area contributed by atoms with Crippen molar-refractivity contribution >= 4 is 31.9 Å². The van der Waals surface area contributed by atoms with Crippen LogP contribution in [0.25, 0.3) is 0 Å². The highest BCUT2D eigenvalue weighted by Crippen LogP contribution is 2.26. The molecule has 0 aliphatic carbocycles. The zero-order chi connectivity index (χ0) is 9.84. The molecular weight excluding hydrogens is 298 g/mol. The van der Waals surface area contributed by atoms with Gasteiger partial charge in [-0.25, -0.2) is 0 Å². The van der Waals surface area contributed by atoms with E-state index >= 15 is 0 Å². The number of rotatable bonds is 3. The molecule has 0 saturated carbocycles. The van der Waals surface area contributed by atoms with Crippen LogP contribution in [-0.4, -0.2) is 10.1 Å². The van der Waals surface area contributed by atoms with E-state index < -0.39 is 6.10 Å². The van der Waals surface area contributed by atoms with Gasteiger partial charge in [-0.15, -0.1) is 6.58 Å². The highest BCUT2D eigenvalue weighted by Gasteiger charge is 2.11. The second-order valence-electron chi connectivity index (χ2n) is 2.56. The smallest absolute Gasteiger partial charge is 0.100 e. The van der Waals surface area contributed by atoms with Crippen LogP contribution in [0.1, 0.15) is 18.2 Å². The first kappa shape index (κ1) is 10.9. The number of halogens is 2. The summed E-state index contributed by atoms with van der Waals surface area (Å²) in [5.41, 5.74) is 0.642. The summed E-state index contributed by atoms with van der Waals surface area (Å²) >= 11 is 6.62. The summed E-state index contributed by atoms with van der Waals surface area (Å²) in [7, 11) is 0. The van der Waals surface area contributed by atoms with Crippen LogP contribution in [0.2, 0.25) is 0 Å². The third-order valence-corrected chi connectivity index (χ3v) is 2.61. The zero-order valence-electron chi connectivity index (χ0n) is 6.87. The van der Waals surface area contributed by atoms with E-state index in [-0.39, 0.29) is 0 Å². The van der Waals surface area contributed by atoms with Crippen LogP contribution >= 0.6 is 31.9 Å². The maximum atomic E-state index is 9.61. The van der Waals surface area contributed by atoms with Crippen LogP contribution in [0, 0.1) is 0 Å². The number of aliphatic hydroxyl groups is 1. The van der Waals surface area contributed by atoms with Crippen LogP contribution in [0.15, 0.2) is 33.9 Å². The Balaban J connectivity index is 2.94. The van der Waals surface area contributed by atoms with Gasteiger partial charge in [0.05, 0.1) is 5.69 Å². The van der Waals surface area contributed by atoms with E-state index in [9.17, 15) is 5.11 Å². The second-order valence-corrected chi connectivity index (χ2v) is 4.33. The molecule has 1 N–H and O–H groups in total. The zero-order valence-corrected chi connectivity index (χ0v) is 10.0. The molecule has 13 heavy (non-hydrogen) atoms. The normalized spacial score (nSPS) is 12.5. The molecule has 0 bridgehead atoms. The van der Waals surface area contributed by atoms with Gasteiger partial charge in [0, 0.05) is 15.1 Å². The Hall–Kier alpha value is -0.190. The molecule has 1 rings (SSSR count). The number of aliphatic hydroxyl groups excluding tert-OH is 1. The first-order valence-corrected chi connectivity index (χ1v) is 5.33. The third-order valence-electron chi connectivity index (χ3n) is 1.54. The molecule has 0 fully saturated rings. The summed E-state index contributed by atoms with van der Waals surface area (Å²) in [6.07, 6.45) is 3.25. The minimum atomic E-state index is -0.583. The predicted molar refractivity (Wildman–Crippen MR) is 59.4 cm³/mol. The summed E-state index contributed by atoms with van der Waals surface area (Å²) < 4.78 is 1.69. The molecule has 0 aliphatic heterocycles. The number of nitrogens with zero attached hydrogens (tertiary/aromatic N) is 1. The van der Waals surface area contributed by atoms with E-state index in [1.165, 1.54) is 0 Å². The molecule has 0 aliphatic rings. The molecule has 1 heterocycles. The summed E-state index contributed by atoms with van der Waals surface area (Å²) in [4.78, 5) is 4.10. The first-order chi connectivity index (χ1) is 6.15. The minimum Gasteiger partial charge on any atom is -0.386 e. The number of hydrogen-bond acceptors (Lipinski definition) is 2. The lowest BCUT2D eigenvalue weighted by Gasteiger charge is -2.09. The molecule has 2 nitrogen and oxygen atoms in total. The van der Waals surface area contributed by atoms with Crippen molar-refractivity contribution in [1.82, 2.24) is 4.98 Å². The van der Waals surface area contributed by atoms with Crippen LogP contribution in [0.5, 0.6) is 0 Å². The molecular formula is C9H9Br2NO. The lowest BCUT2D eigenvalue weighted by molar-refractivity contribution is 0.176. The van der Waals surface area contributed by atoms with E-state index in [1.54, 1.807) is 12.3 Å². The largest absolute Gasteiger partial charge is 0.386 e. The molecule has 0 amide bonds. The highest BCUT2D eigenvalue weighted by molar-refractivity contribution is 9.11. The molecule has 0 saturated heterocycles. The van der Waals surface area contributed by atoms with Crippen molar-refractivity contribution in [2.75, 3.05) is 0 Å². The Bertz CT molecular complexity index is 314. The van der Waals surface area contributed by atoms with Gasteiger partial charge in [-0.3, -0.25) is 4.98 Å². The van der Waals surface area contributed by atoms with Crippen molar-refractivity contribution in [3.63, 3.8) is 0 Å². The molecule has 1 atom stereocenters. The van der Waals surface area contributed by atoms with Crippen LogP contribution < -0.4 is 0 Å². The van der Waals surface area contributed by atoms with Crippen molar-refractivity contribution in [3.8, 4) is 0 Å². The van der Waals surface area contributed by atoms with E-state index in [0.717, 1.165) is 8.95 Å². The highest BCUT2D eigenvalue weighted by atomic mass is 79.9. The predicted octanol–water partition coefficient (Wildman–Crippen LogP) is 3.22. The Morgan fingerprint density at radius 1 is 1.62 bits per heavy atom. The molecule has 1 unspecified atom stereocenters. The van der Waals surface area contributed by atoms with Crippen molar-refractivity contribution in [3.05, 3.63) is 39.6 Å². The van der Waals surface area contributed by atoms with Crippen molar-refractivity contribution in [2.24, 2.45) is 0 Å². The van der Waals surface area contributed by atoms with Gasteiger partial charge in [-0.05, 0) is 44.3 Å². The Morgan fingerprint density at radius 3 is 2.85 bits per heavy atom. The van der Waals surface area contributed by atoms with Crippen LogP contribution in [0.4, 0.5) is 0 Å². The van der Waals surface area contributed by atoms with Gasteiger partial charge in [-0.2, -0.15) is 0 Å². The SMILES string of the molecule is C=CCC(O)c1ncc(Br)cc1Br. The lowest BCUT2D eigenvalue weighted by atomic mass is 10.2. The fraction of sp³-hybridized carbons (Fsp3) is 0.222. The van der Waals surface area contributed by atoms with Gasteiger partial charge < -0.3 is 5.11 Å². The molecule has 0 radical (unpaired) electrons. The lowest BCUT2D eigenvalue weighted by Crippen LogP contribution is -2.00. The topological polar surface area (TPSA) is 33.1 Å². The molecule has 4 heteroatoms. The molecule has 0 aromatic carbocycles. The minimum absolute atomic E-state index is 0.507. The standard InChI is InChI=1S/C9H9Br2NO/c1-2-3-8(13)9-7(11)4-6(10)5-12-9/h2,4-5,8,13H,1,3H2. The average Bonchev–Trinajstić information content (AvgIpc) is 2.04. The third kappa shape index (κ3) is 2.90. The average molecular weight is 307 g/mol. The first-order valence-electron chi connectivity index (χ1n) is 3.75. The summed E-state index contributed by atoms with van der Waals surface area (Å²) in [5.74, 6) is 0. The fourth-order valence-electron chi connectivity index (χ4n) is 0.940. The van der Waals surface area contributed by atoms with Crippen molar-refractivity contribution < 1.29 is 5.11 Å². The maximum absolute atomic E-state index is 9.61. The van der Waals surface area contributed by atoms with Gasteiger partial charge in [-0.1, -0.05) is 6.08 Å². The monoisotopic (exact) mass is 305 g/mol. The molecule has 1 aromatic heterocycles. The number of aromatic nitrogens is 1. The number of hydrogen-bond donors (Lipinski definition) is 1. The van der Waals surface area contributed by atoms with Gasteiger partial charge in [0.1, 0.15) is 6.10 Å². The molecule has 1 aromatic rings. The van der Waals surface area contributed by atoms with Crippen LogP contribution in [-0.2, 0) is 0 Å². The van der Waals surface area contributed by atoms with Crippen molar-refractivity contribution in [2.45, 2.75) is 12.5 Å². The Kier molecular flexibility index (Phi) is 4.09. The quantitative estimate of drug-likeness (QED) is 0.870. The maximum Gasteiger partial charge on any atom is 0.100 e.